The van der Waals surface area contributed by atoms with E-state index in [1.54, 1.807) is 17.5 Å². The Balaban J connectivity index is 2.01. The molecule has 0 saturated heterocycles. The SMILES string of the molecule is Cn1c(C(F)(F)F)nn(CCNC(=O)c2cccs2)c1=O. The minimum Gasteiger partial charge on any atom is -0.349 e. The maximum atomic E-state index is 12.6. The molecule has 2 rings (SSSR count). The maximum absolute atomic E-state index is 12.6. The van der Waals surface area contributed by atoms with Gasteiger partial charge in [-0.2, -0.15) is 13.2 Å². The minimum atomic E-state index is -4.70. The third kappa shape index (κ3) is 3.32. The lowest BCUT2D eigenvalue weighted by atomic mass is 10.4. The van der Waals surface area contributed by atoms with Crippen molar-refractivity contribution in [2.45, 2.75) is 12.7 Å². The van der Waals surface area contributed by atoms with Gasteiger partial charge in [-0.1, -0.05) is 6.07 Å². The highest BCUT2D eigenvalue weighted by molar-refractivity contribution is 7.12. The van der Waals surface area contributed by atoms with E-state index in [-0.39, 0.29) is 19.0 Å². The third-order valence-electron chi connectivity index (χ3n) is 2.65. The first-order chi connectivity index (χ1) is 9.80. The van der Waals surface area contributed by atoms with Gasteiger partial charge in [0.1, 0.15) is 0 Å². The van der Waals surface area contributed by atoms with Gasteiger partial charge in [-0.3, -0.25) is 9.36 Å². The molecule has 0 fully saturated rings. The van der Waals surface area contributed by atoms with E-state index in [0.717, 1.165) is 7.05 Å². The summed E-state index contributed by atoms with van der Waals surface area (Å²) in [4.78, 5) is 23.7. The number of aromatic nitrogens is 3. The molecule has 6 nitrogen and oxygen atoms in total. The molecular weight excluding hydrogens is 309 g/mol. The first kappa shape index (κ1) is 15.3. The van der Waals surface area contributed by atoms with Crippen LogP contribution >= 0.6 is 11.3 Å². The molecular formula is C11H11F3N4O2S. The fourth-order valence-corrected chi connectivity index (χ4v) is 2.29. The molecule has 0 atom stereocenters. The van der Waals surface area contributed by atoms with Crippen LogP contribution in [0.1, 0.15) is 15.5 Å². The molecule has 0 bridgehead atoms. The number of halogens is 3. The Bertz CT molecular complexity index is 687. The molecule has 0 unspecified atom stereocenters. The summed E-state index contributed by atoms with van der Waals surface area (Å²) in [7, 11) is 0.999. The molecule has 1 amide bonds. The summed E-state index contributed by atoms with van der Waals surface area (Å²) in [6.45, 7) is -0.134. The van der Waals surface area contributed by atoms with Crippen molar-refractivity contribution in [1.82, 2.24) is 19.7 Å². The molecule has 0 aliphatic heterocycles. The zero-order valence-corrected chi connectivity index (χ0v) is 11.7. The van der Waals surface area contributed by atoms with Crippen LogP contribution in [-0.2, 0) is 19.8 Å². The fourth-order valence-electron chi connectivity index (χ4n) is 1.65. The second-order valence-electron chi connectivity index (χ2n) is 4.12. The average molecular weight is 320 g/mol. The van der Waals surface area contributed by atoms with E-state index in [2.05, 4.69) is 10.4 Å². The predicted molar refractivity (Wildman–Crippen MR) is 69.1 cm³/mol. The monoisotopic (exact) mass is 320 g/mol. The normalized spacial score (nSPS) is 11.6. The quantitative estimate of drug-likeness (QED) is 0.917. The van der Waals surface area contributed by atoms with Crippen molar-refractivity contribution < 1.29 is 18.0 Å². The number of alkyl halides is 3. The average Bonchev–Trinajstić information content (AvgIpc) is 3.01. The van der Waals surface area contributed by atoms with Crippen LogP contribution in [0.2, 0.25) is 0 Å². The summed E-state index contributed by atoms with van der Waals surface area (Å²) in [5.74, 6) is -1.61. The number of carbonyl (C=O) groups excluding carboxylic acids is 1. The van der Waals surface area contributed by atoms with Gasteiger partial charge in [0.2, 0.25) is 5.82 Å². The summed E-state index contributed by atoms with van der Waals surface area (Å²) in [6.07, 6.45) is -4.70. The topological polar surface area (TPSA) is 68.9 Å². The predicted octanol–water partition coefficient (Wildman–Crippen LogP) is 1.09. The van der Waals surface area contributed by atoms with Crippen molar-refractivity contribution in [1.29, 1.82) is 0 Å². The van der Waals surface area contributed by atoms with Crippen LogP contribution in [0.5, 0.6) is 0 Å². The first-order valence-electron chi connectivity index (χ1n) is 5.83. The van der Waals surface area contributed by atoms with Crippen molar-refractivity contribution >= 4 is 17.2 Å². The molecule has 2 aromatic heterocycles. The fraction of sp³-hybridized carbons (Fsp3) is 0.364. The lowest BCUT2D eigenvalue weighted by molar-refractivity contribution is -0.147. The number of amides is 1. The molecule has 1 N–H and O–H groups in total. The maximum Gasteiger partial charge on any atom is 0.451 e. The van der Waals surface area contributed by atoms with Crippen LogP contribution in [0.15, 0.2) is 22.3 Å². The Labute approximate surface area is 120 Å². The van der Waals surface area contributed by atoms with Gasteiger partial charge in [-0.15, -0.1) is 16.4 Å². The highest BCUT2D eigenvalue weighted by atomic mass is 32.1. The van der Waals surface area contributed by atoms with Gasteiger partial charge in [-0.05, 0) is 11.4 Å². The van der Waals surface area contributed by atoms with Crippen LogP contribution in [0.25, 0.3) is 0 Å². The lowest BCUT2D eigenvalue weighted by Gasteiger charge is -2.03. The molecule has 0 aliphatic carbocycles. The summed E-state index contributed by atoms with van der Waals surface area (Å²) < 4.78 is 38.8. The van der Waals surface area contributed by atoms with E-state index >= 15 is 0 Å². The van der Waals surface area contributed by atoms with Crippen LogP contribution in [0.4, 0.5) is 13.2 Å². The van der Waals surface area contributed by atoms with E-state index in [0.29, 0.717) is 14.1 Å². The molecule has 0 aliphatic rings. The Morgan fingerprint density at radius 1 is 1.48 bits per heavy atom. The molecule has 0 aromatic carbocycles. The highest BCUT2D eigenvalue weighted by Gasteiger charge is 2.37. The number of hydrogen-bond donors (Lipinski definition) is 1. The Morgan fingerprint density at radius 3 is 2.71 bits per heavy atom. The zero-order chi connectivity index (χ0) is 15.6. The highest BCUT2D eigenvalue weighted by Crippen LogP contribution is 2.25. The molecule has 114 valence electrons. The van der Waals surface area contributed by atoms with Gasteiger partial charge in [0.05, 0.1) is 11.4 Å². The molecule has 0 spiro atoms. The Kier molecular flexibility index (Phi) is 4.16. The van der Waals surface area contributed by atoms with Crippen molar-refractivity contribution in [2.75, 3.05) is 6.54 Å². The number of carbonyl (C=O) groups is 1. The van der Waals surface area contributed by atoms with Crippen molar-refractivity contribution in [3.8, 4) is 0 Å². The van der Waals surface area contributed by atoms with Gasteiger partial charge in [-0.25, -0.2) is 9.48 Å². The number of thiophene rings is 1. The Morgan fingerprint density at radius 2 is 2.19 bits per heavy atom. The van der Waals surface area contributed by atoms with Gasteiger partial charge >= 0.3 is 11.9 Å². The van der Waals surface area contributed by atoms with Crippen molar-refractivity contribution in [3.05, 3.63) is 38.7 Å². The minimum absolute atomic E-state index is 0.00491. The number of rotatable bonds is 4. The van der Waals surface area contributed by atoms with Crippen LogP contribution in [0.3, 0.4) is 0 Å². The second kappa shape index (κ2) is 5.72. The molecule has 0 saturated carbocycles. The second-order valence-corrected chi connectivity index (χ2v) is 5.07. The molecule has 0 radical (unpaired) electrons. The number of hydrogen-bond acceptors (Lipinski definition) is 4. The van der Waals surface area contributed by atoms with Crippen LogP contribution in [-0.4, -0.2) is 26.8 Å². The van der Waals surface area contributed by atoms with Crippen molar-refractivity contribution in [2.24, 2.45) is 7.05 Å². The van der Waals surface area contributed by atoms with E-state index < -0.39 is 17.7 Å². The smallest absolute Gasteiger partial charge is 0.349 e. The van der Waals surface area contributed by atoms with E-state index in [9.17, 15) is 22.8 Å². The van der Waals surface area contributed by atoms with Crippen molar-refractivity contribution in [3.63, 3.8) is 0 Å². The Hall–Kier alpha value is -2.10. The summed E-state index contributed by atoms with van der Waals surface area (Å²) >= 11 is 1.24. The first-order valence-corrected chi connectivity index (χ1v) is 6.71. The van der Waals surface area contributed by atoms with E-state index in [1.807, 2.05) is 0 Å². The van der Waals surface area contributed by atoms with Crippen LogP contribution in [0, 0.1) is 0 Å². The largest absolute Gasteiger partial charge is 0.451 e. The van der Waals surface area contributed by atoms with Gasteiger partial charge in [0.25, 0.3) is 5.91 Å². The van der Waals surface area contributed by atoms with Gasteiger partial charge in [0.15, 0.2) is 0 Å². The summed E-state index contributed by atoms with van der Waals surface area (Å²) in [5.41, 5.74) is -0.882. The molecule has 2 heterocycles. The standard InChI is InChI=1S/C11H11F3N4O2S/c1-17-9(11(12,13)14)16-18(10(17)20)5-4-15-8(19)7-3-2-6-21-7/h2-3,6H,4-5H2,1H3,(H,15,19). The zero-order valence-electron chi connectivity index (χ0n) is 10.8. The van der Waals surface area contributed by atoms with Gasteiger partial charge in [0, 0.05) is 13.6 Å². The molecule has 21 heavy (non-hydrogen) atoms. The number of nitrogens with one attached hydrogen (secondary N) is 1. The summed E-state index contributed by atoms with van der Waals surface area (Å²) in [6, 6.07) is 3.33. The van der Waals surface area contributed by atoms with E-state index in [4.69, 9.17) is 0 Å². The third-order valence-corrected chi connectivity index (χ3v) is 3.52. The summed E-state index contributed by atoms with van der Waals surface area (Å²) in [5, 5.41) is 7.47. The lowest BCUT2D eigenvalue weighted by Crippen LogP contribution is -2.31. The van der Waals surface area contributed by atoms with Gasteiger partial charge < -0.3 is 5.32 Å². The molecule has 2 aromatic rings. The number of nitrogens with zero attached hydrogens (tertiary/aromatic N) is 3. The van der Waals surface area contributed by atoms with E-state index in [1.165, 1.54) is 11.3 Å². The van der Waals surface area contributed by atoms with Crippen LogP contribution < -0.4 is 11.0 Å². The molecule has 10 heteroatoms.